The molecular weight excluding hydrogens is 116 g/mol. The maximum atomic E-state index is 8.91. The third kappa shape index (κ3) is 0.700. The summed E-state index contributed by atoms with van der Waals surface area (Å²) < 4.78 is 5.27. The average molecular weight is 128 g/mol. The molecule has 0 unspecified atom stereocenters. The van der Waals surface area contributed by atoms with Gasteiger partial charge in [0.15, 0.2) is 0 Å². The van der Waals surface area contributed by atoms with E-state index in [-0.39, 0.29) is 5.41 Å². The van der Waals surface area contributed by atoms with Crippen LogP contribution in [0.25, 0.3) is 0 Å². The molecule has 2 heteroatoms. The SMILES string of the molecule is OCC12COCC(C1)C2. The van der Waals surface area contributed by atoms with Crippen LogP contribution in [0.3, 0.4) is 0 Å². The summed E-state index contributed by atoms with van der Waals surface area (Å²) in [5.74, 6) is 0.769. The van der Waals surface area contributed by atoms with E-state index in [9.17, 15) is 0 Å². The highest BCUT2D eigenvalue weighted by Gasteiger charge is 2.47. The van der Waals surface area contributed by atoms with Crippen LogP contribution in [-0.4, -0.2) is 24.9 Å². The van der Waals surface area contributed by atoms with Crippen molar-refractivity contribution in [1.82, 2.24) is 0 Å². The lowest BCUT2D eigenvalue weighted by Crippen LogP contribution is -2.50. The Kier molecular flexibility index (Phi) is 1.08. The van der Waals surface area contributed by atoms with Crippen LogP contribution in [0, 0.1) is 11.3 Å². The highest BCUT2D eigenvalue weighted by Crippen LogP contribution is 2.48. The lowest BCUT2D eigenvalue weighted by molar-refractivity contribution is -0.151. The van der Waals surface area contributed by atoms with Crippen LogP contribution >= 0.6 is 0 Å². The maximum absolute atomic E-state index is 8.91. The highest BCUT2D eigenvalue weighted by molar-refractivity contribution is 4.96. The van der Waals surface area contributed by atoms with Crippen molar-refractivity contribution in [2.24, 2.45) is 11.3 Å². The number of hydrogen-bond acceptors (Lipinski definition) is 2. The van der Waals surface area contributed by atoms with E-state index in [1.807, 2.05) is 0 Å². The normalized spacial score (nSPS) is 48.3. The van der Waals surface area contributed by atoms with Crippen LogP contribution in [-0.2, 0) is 4.74 Å². The molecule has 0 radical (unpaired) electrons. The van der Waals surface area contributed by atoms with Crippen LogP contribution < -0.4 is 0 Å². The molecule has 52 valence electrons. The van der Waals surface area contributed by atoms with E-state index in [1.165, 1.54) is 12.8 Å². The van der Waals surface area contributed by atoms with Gasteiger partial charge < -0.3 is 9.84 Å². The molecule has 1 N–H and O–H groups in total. The van der Waals surface area contributed by atoms with Gasteiger partial charge in [0.05, 0.1) is 13.2 Å². The molecule has 2 heterocycles. The molecule has 3 fully saturated rings. The van der Waals surface area contributed by atoms with E-state index in [2.05, 4.69) is 0 Å². The molecule has 2 nitrogen and oxygen atoms in total. The van der Waals surface area contributed by atoms with Gasteiger partial charge in [0.25, 0.3) is 0 Å². The fraction of sp³-hybridized carbons (Fsp3) is 1.00. The zero-order valence-electron chi connectivity index (χ0n) is 5.47. The first kappa shape index (κ1) is 5.69. The third-order valence-electron chi connectivity index (χ3n) is 2.54. The third-order valence-corrected chi connectivity index (χ3v) is 2.54. The molecule has 3 rings (SSSR count). The summed E-state index contributed by atoms with van der Waals surface area (Å²) in [6.45, 7) is 2.05. The molecule has 2 bridgehead atoms. The number of rotatable bonds is 1. The Hall–Kier alpha value is -0.0800. The number of ether oxygens (including phenoxy) is 1. The summed E-state index contributed by atoms with van der Waals surface area (Å²) in [7, 11) is 0. The van der Waals surface area contributed by atoms with E-state index in [4.69, 9.17) is 9.84 Å². The summed E-state index contributed by atoms with van der Waals surface area (Å²) in [6.07, 6.45) is 2.40. The van der Waals surface area contributed by atoms with Crippen molar-refractivity contribution >= 4 is 0 Å². The van der Waals surface area contributed by atoms with Crippen LogP contribution in [0.5, 0.6) is 0 Å². The molecular formula is C7H12O2. The minimum atomic E-state index is 0.197. The molecule has 1 saturated carbocycles. The van der Waals surface area contributed by atoms with Crippen molar-refractivity contribution in [3.8, 4) is 0 Å². The molecule has 9 heavy (non-hydrogen) atoms. The van der Waals surface area contributed by atoms with Gasteiger partial charge in [-0.3, -0.25) is 0 Å². The second-order valence-corrected chi connectivity index (χ2v) is 3.45. The Labute approximate surface area is 54.8 Å². The Bertz CT molecular complexity index is 111. The molecule has 3 aliphatic rings. The minimum absolute atomic E-state index is 0.197. The van der Waals surface area contributed by atoms with Gasteiger partial charge in [0.1, 0.15) is 0 Å². The predicted octanol–water partition coefficient (Wildman–Crippen LogP) is 0.405. The van der Waals surface area contributed by atoms with Gasteiger partial charge in [-0.05, 0) is 18.8 Å². The van der Waals surface area contributed by atoms with Crippen LogP contribution in [0.1, 0.15) is 12.8 Å². The van der Waals surface area contributed by atoms with Crippen molar-refractivity contribution < 1.29 is 9.84 Å². The number of hydrogen-bond donors (Lipinski definition) is 1. The monoisotopic (exact) mass is 128 g/mol. The smallest absolute Gasteiger partial charge is 0.0544 e. The van der Waals surface area contributed by atoms with Crippen LogP contribution in [0.15, 0.2) is 0 Å². The standard InChI is InChI=1S/C7H12O2/c8-4-7-1-6(2-7)3-9-5-7/h6,8H,1-5H2. The van der Waals surface area contributed by atoms with Crippen molar-refractivity contribution in [2.45, 2.75) is 12.8 Å². The van der Waals surface area contributed by atoms with Crippen molar-refractivity contribution in [3.63, 3.8) is 0 Å². The van der Waals surface area contributed by atoms with E-state index in [1.54, 1.807) is 0 Å². The fourth-order valence-electron chi connectivity index (χ4n) is 2.02. The first-order valence-electron chi connectivity index (χ1n) is 3.53. The molecule has 0 spiro atoms. The number of aliphatic hydroxyl groups excluding tert-OH is 1. The predicted molar refractivity (Wildman–Crippen MR) is 33.1 cm³/mol. The number of fused-ring (bicyclic) bond motifs is 2. The largest absolute Gasteiger partial charge is 0.396 e. The molecule has 1 aliphatic carbocycles. The van der Waals surface area contributed by atoms with Crippen molar-refractivity contribution in [3.05, 3.63) is 0 Å². The van der Waals surface area contributed by atoms with Gasteiger partial charge in [-0.2, -0.15) is 0 Å². The van der Waals surface area contributed by atoms with Gasteiger partial charge in [0, 0.05) is 12.0 Å². The summed E-state index contributed by atoms with van der Waals surface area (Å²) in [5.41, 5.74) is 0.197. The molecule has 0 amide bonds. The van der Waals surface area contributed by atoms with E-state index < -0.39 is 0 Å². The lowest BCUT2D eigenvalue weighted by atomic mass is 9.61. The molecule has 0 aromatic carbocycles. The van der Waals surface area contributed by atoms with Gasteiger partial charge >= 0.3 is 0 Å². The van der Waals surface area contributed by atoms with E-state index in [0.717, 1.165) is 19.1 Å². The van der Waals surface area contributed by atoms with Crippen molar-refractivity contribution in [1.29, 1.82) is 0 Å². The Morgan fingerprint density at radius 2 is 2.33 bits per heavy atom. The summed E-state index contributed by atoms with van der Waals surface area (Å²) >= 11 is 0. The zero-order valence-corrected chi connectivity index (χ0v) is 5.47. The van der Waals surface area contributed by atoms with E-state index in [0.29, 0.717) is 6.61 Å². The Balaban J connectivity index is 2.02. The first-order valence-corrected chi connectivity index (χ1v) is 3.53. The second-order valence-electron chi connectivity index (χ2n) is 3.45. The van der Waals surface area contributed by atoms with Gasteiger partial charge in [-0.25, -0.2) is 0 Å². The van der Waals surface area contributed by atoms with Crippen molar-refractivity contribution in [2.75, 3.05) is 19.8 Å². The molecule has 0 atom stereocenters. The summed E-state index contributed by atoms with van der Waals surface area (Å²) in [6, 6.07) is 0. The van der Waals surface area contributed by atoms with Gasteiger partial charge in [-0.15, -0.1) is 0 Å². The average Bonchev–Trinajstić information content (AvgIpc) is 1.88. The van der Waals surface area contributed by atoms with Gasteiger partial charge in [0.2, 0.25) is 0 Å². The number of aliphatic hydroxyl groups is 1. The molecule has 0 aromatic rings. The fourth-order valence-corrected chi connectivity index (χ4v) is 2.02. The highest BCUT2D eigenvalue weighted by atomic mass is 16.5. The minimum Gasteiger partial charge on any atom is -0.396 e. The molecule has 0 aromatic heterocycles. The summed E-state index contributed by atoms with van der Waals surface area (Å²) in [4.78, 5) is 0. The van der Waals surface area contributed by atoms with Crippen LogP contribution in [0.2, 0.25) is 0 Å². The first-order chi connectivity index (χ1) is 4.35. The second kappa shape index (κ2) is 1.70. The van der Waals surface area contributed by atoms with Gasteiger partial charge in [-0.1, -0.05) is 0 Å². The molecule has 2 aliphatic heterocycles. The zero-order chi connectivity index (χ0) is 6.32. The van der Waals surface area contributed by atoms with Crippen LogP contribution in [0.4, 0.5) is 0 Å². The summed E-state index contributed by atoms with van der Waals surface area (Å²) in [5, 5.41) is 8.91. The topological polar surface area (TPSA) is 29.5 Å². The van der Waals surface area contributed by atoms with E-state index >= 15 is 0 Å². The lowest BCUT2D eigenvalue weighted by Gasteiger charge is -2.50. The quantitative estimate of drug-likeness (QED) is 0.554. The Morgan fingerprint density at radius 3 is 2.67 bits per heavy atom. The molecule has 2 saturated heterocycles. The maximum Gasteiger partial charge on any atom is 0.0544 e. The Morgan fingerprint density at radius 1 is 1.56 bits per heavy atom.